The van der Waals surface area contributed by atoms with Crippen LogP contribution in [0.4, 0.5) is 10.5 Å². The van der Waals surface area contributed by atoms with E-state index in [1.165, 1.54) is 29.2 Å². The number of nitro benzene ring substituents is 1. The summed E-state index contributed by atoms with van der Waals surface area (Å²) in [4.78, 5) is 21.8. The lowest BCUT2D eigenvalue weighted by molar-refractivity contribution is -0.384. The maximum absolute atomic E-state index is 10.7. The molecule has 0 unspecified atom stereocenters. The minimum absolute atomic E-state index is 0.0110. The molecule has 0 bridgehead atoms. The number of rotatable bonds is 6. The first-order chi connectivity index (χ1) is 8.54. The maximum atomic E-state index is 10.7. The molecule has 0 aliphatic heterocycles. The number of nitrogens with zero attached hydrogens (tertiary/aromatic N) is 2. The predicted molar refractivity (Wildman–Crippen MR) is 63.9 cm³/mol. The van der Waals surface area contributed by atoms with Gasteiger partial charge >= 0.3 is 6.09 Å². The fourth-order valence-corrected chi connectivity index (χ4v) is 1.33. The van der Waals surface area contributed by atoms with Crippen LogP contribution in [-0.4, -0.2) is 40.7 Å². The van der Waals surface area contributed by atoms with Gasteiger partial charge in [-0.05, 0) is 19.1 Å². The van der Waals surface area contributed by atoms with E-state index < -0.39 is 11.0 Å². The van der Waals surface area contributed by atoms with Crippen LogP contribution in [0.25, 0.3) is 0 Å². The van der Waals surface area contributed by atoms with Crippen molar-refractivity contribution < 1.29 is 19.6 Å². The summed E-state index contributed by atoms with van der Waals surface area (Å²) in [6, 6.07) is 5.64. The Morgan fingerprint density at radius 1 is 1.44 bits per heavy atom. The van der Waals surface area contributed by atoms with E-state index in [1.54, 1.807) is 6.92 Å². The summed E-state index contributed by atoms with van der Waals surface area (Å²) in [6.07, 6.45) is -0.996. The normalized spacial score (nSPS) is 9.83. The highest BCUT2D eigenvalue weighted by molar-refractivity contribution is 5.64. The van der Waals surface area contributed by atoms with Gasteiger partial charge in [-0.1, -0.05) is 0 Å². The molecule has 7 heteroatoms. The van der Waals surface area contributed by atoms with E-state index in [2.05, 4.69) is 0 Å². The van der Waals surface area contributed by atoms with Gasteiger partial charge in [0.15, 0.2) is 0 Å². The molecule has 1 rings (SSSR count). The van der Waals surface area contributed by atoms with Gasteiger partial charge in [0.25, 0.3) is 5.69 Å². The molecule has 1 N–H and O–H groups in total. The number of carboxylic acid groups (broad SMARTS) is 1. The average molecular weight is 254 g/mol. The molecule has 0 spiro atoms. The van der Waals surface area contributed by atoms with Crippen LogP contribution in [0, 0.1) is 10.1 Å². The smallest absolute Gasteiger partial charge is 0.407 e. The number of nitro groups is 1. The van der Waals surface area contributed by atoms with Crippen LogP contribution in [-0.2, 0) is 0 Å². The fraction of sp³-hybridized carbons (Fsp3) is 0.364. The lowest BCUT2D eigenvalue weighted by atomic mass is 10.3. The summed E-state index contributed by atoms with van der Waals surface area (Å²) < 4.78 is 5.30. The largest absolute Gasteiger partial charge is 0.492 e. The third kappa shape index (κ3) is 3.93. The Morgan fingerprint density at radius 3 is 2.50 bits per heavy atom. The second kappa shape index (κ2) is 6.43. The molecule has 0 atom stereocenters. The van der Waals surface area contributed by atoms with Crippen molar-refractivity contribution in [1.29, 1.82) is 0 Å². The van der Waals surface area contributed by atoms with Crippen molar-refractivity contribution in [3.8, 4) is 5.75 Å². The Labute approximate surface area is 104 Å². The highest BCUT2D eigenvalue weighted by Gasteiger charge is 2.09. The number of non-ortho nitro benzene ring substituents is 1. The predicted octanol–water partition coefficient (Wildman–Crippen LogP) is 1.97. The number of likely N-dealkylation sites (N-methyl/N-ethyl adjacent to an activating group) is 1. The molecule has 0 aliphatic carbocycles. The highest BCUT2D eigenvalue weighted by atomic mass is 16.6. The van der Waals surface area contributed by atoms with Gasteiger partial charge in [0.05, 0.1) is 11.5 Å². The maximum Gasteiger partial charge on any atom is 0.407 e. The molecule has 1 amide bonds. The van der Waals surface area contributed by atoms with E-state index >= 15 is 0 Å². The Morgan fingerprint density at radius 2 is 2.06 bits per heavy atom. The van der Waals surface area contributed by atoms with Gasteiger partial charge in [0.1, 0.15) is 12.4 Å². The van der Waals surface area contributed by atoms with Gasteiger partial charge in [-0.3, -0.25) is 10.1 Å². The Hall–Kier alpha value is -2.31. The summed E-state index contributed by atoms with van der Waals surface area (Å²) in [5.74, 6) is 0.474. The minimum Gasteiger partial charge on any atom is -0.492 e. The lowest BCUT2D eigenvalue weighted by Crippen LogP contribution is -2.33. The number of ether oxygens (including phenoxy) is 1. The molecule has 0 radical (unpaired) electrons. The SMILES string of the molecule is CCN(CCOc1ccc([N+](=O)[O-])cc1)C(=O)O. The van der Waals surface area contributed by atoms with Gasteiger partial charge < -0.3 is 14.7 Å². The number of hydrogen-bond donors (Lipinski definition) is 1. The summed E-state index contributed by atoms with van der Waals surface area (Å²) in [5.41, 5.74) is -0.0110. The first-order valence-electron chi connectivity index (χ1n) is 5.39. The Balaban J connectivity index is 2.44. The summed E-state index contributed by atoms with van der Waals surface area (Å²) in [5, 5.41) is 19.2. The van der Waals surface area contributed by atoms with E-state index in [9.17, 15) is 14.9 Å². The van der Waals surface area contributed by atoms with Crippen LogP contribution in [0.3, 0.4) is 0 Å². The highest BCUT2D eigenvalue weighted by Crippen LogP contribution is 2.17. The van der Waals surface area contributed by atoms with E-state index in [-0.39, 0.29) is 18.8 Å². The van der Waals surface area contributed by atoms with E-state index in [0.717, 1.165) is 0 Å². The zero-order valence-electron chi connectivity index (χ0n) is 9.91. The second-order valence-electron chi connectivity index (χ2n) is 3.46. The molecular weight excluding hydrogens is 240 g/mol. The van der Waals surface area contributed by atoms with Crippen molar-refractivity contribution in [3.63, 3.8) is 0 Å². The fourth-order valence-electron chi connectivity index (χ4n) is 1.33. The van der Waals surface area contributed by atoms with Gasteiger partial charge in [-0.25, -0.2) is 4.79 Å². The third-order valence-corrected chi connectivity index (χ3v) is 2.33. The van der Waals surface area contributed by atoms with Crippen molar-refractivity contribution in [3.05, 3.63) is 34.4 Å². The van der Waals surface area contributed by atoms with Gasteiger partial charge in [0, 0.05) is 18.7 Å². The van der Waals surface area contributed by atoms with E-state index in [1.807, 2.05) is 0 Å². The van der Waals surface area contributed by atoms with E-state index in [0.29, 0.717) is 12.3 Å². The molecule has 1 aromatic carbocycles. The third-order valence-electron chi connectivity index (χ3n) is 2.33. The number of carbonyl (C=O) groups is 1. The quantitative estimate of drug-likeness (QED) is 0.618. The number of benzene rings is 1. The zero-order chi connectivity index (χ0) is 13.5. The van der Waals surface area contributed by atoms with Crippen LogP contribution in [0.1, 0.15) is 6.92 Å². The number of amides is 1. The first-order valence-corrected chi connectivity index (χ1v) is 5.39. The zero-order valence-corrected chi connectivity index (χ0v) is 9.91. The summed E-state index contributed by atoms with van der Waals surface area (Å²) >= 11 is 0. The van der Waals surface area contributed by atoms with Crippen LogP contribution in [0.5, 0.6) is 5.75 Å². The van der Waals surface area contributed by atoms with Crippen LogP contribution < -0.4 is 4.74 Å². The van der Waals surface area contributed by atoms with Crippen molar-refractivity contribution >= 4 is 11.8 Å². The molecule has 0 saturated heterocycles. The minimum atomic E-state index is -0.996. The second-order valence-corrected chi connectivity index (χ2v) is 3.46. The molecular formula is C11H14N2O5. The molecule has 98 valence electrons. The van der Waals surface area contributed by atoms with Gasteiger partial charge in [-0.2, -0.15) is 0 Å². The number of hydrogen-bond acceptors (Lipinski definition) is 4. The van der Waals surface area contributed by atoms with Crippen molar-refractivity contribution in [2.45, 2.75) is 6.92 Å². The van der Waals surface area contributed by atoms with Crippen LogP contribution in [0.15, 0.2) is 24.3 Å². The Bertz CT molecular complexity index is 418. The molecule has 0 aliphatic rings. The first kappa shape index (κ1) is 13.8. The molecule has 18 heavy (non-hydrogen) atoms. The van der Waals surface area contributed by atoms with Crippen molar-refractivity contribution in [1.82, 2.24) is 4.90 Å². The van der Waals surface area contributed by atoms with Crippen LogP contribution in [0.2, 0.25) is 0 Å². The topological polar surface area (TPSA) is 92.9 Å². The monoisotopic (exact) mass is 254 g/mol. The molecule has 7 nitrogen and oxygen atoms in total. The van der Waals surface area contributed by atoms with Crippen LogP contribution >= 0.6 is 0 Å². The lowest BCUT2D eigenvalue weighted by Gasteiger charge is -2.16. The molecule has 0 saturated carbocycles. The van der Waals surface area contributed by atoms with Gasteiger partial charge in [-0.15, -0.1) is 0 Å². The molecule has 1 aromatic rings. The molecule has 0 fully saturated rings. The van der Waals surface area contributed by atoms with Crippen molar-refractivity contribution in [2.75, 3.05) is 19.7 Å². The standard InChI is InChI=1S/C11H14N2O5/c1-2-12(11(14)15)7-8-18-10-5-3-9(4-6-10)13(16)17/h3-6H,2,7-8H2,1H3,(H,14,15). The summed E-state index contributed by atoms with van der Waals surface area (Å²) in [7, 11) is 0. The van der Waals surface area contributed by atoms with Gasteiger partial charge in [0.2, 0.25) is 0 Å². The average Bonchev–Trinajstić information content (AvgIpc) is 2.34. The molecule has 0 aromatic heterocycles. The Kier molecular flexibility index (Phi) is 4.91. The molecule has 0 heterocycles. The van der Waals surface area contributed by atoms with Crippen molar-refractivity contribution in [2.24, 2.45) is 0 Å². The summed E-state index contributed by atoms with van der Waals surface area (Å²) in [6.45, 7) is 2.58. The van der Waals surface area contributed by atoms with E-state index in [4.69, 9.17) is 9.84 Å².